The van der Waals surface area contributed by atoms with Gasteiger partial charge < -0.3 is 10.6 Å². The molecule has 4 nitrogen and oxygen atoms in total. The highest BCUT2D eigenvalue weighted by Gasteiger charge is 2.39. The topological polar surface area (TPSA) is 54.0 Å². The van der Waals surface area contributed by atoms with E-state index in [0.717, 1.165) is 43.8 Å². The summed E-state index contributed by atoms with van der Waals surface area (Å²) in [7, 11) is 0. The SMILES string of the molecule is CCC1(C(=O)Nc2nc3c(s2)CCCC3)CCCN1.Cl. The lowest BCUT2D eigenvalue weighted by Crippen LogP contribution is -2.50. The summed E-state index contributed by atoms with van der Waals surface area (Å²) in [4.78, 5) is 18.4. The Balaban J connectivity index is 0.00000147. The molecule has 0 spiro atoms. The Morgan fingerprint density at radius 2 is 2.20 bits per heavy atom. The van der Waals surface area contributed by atoms with Crippen molar-refractivity contribution in [2.24, 2.45) is 0 Å². The number of amides is 1. The van der Waals surface area contributed by atoms with Crippen molar-refractivity contribution in [3.8, 4) is 0 Å². The molecule has 0 saturated carbocycles. The van der Waals surface area contributed by atoms with E-state index in [1.165, 1.54) is 23.4 Å². The number of thiazole rings is 1. The Morgan fingerprint density at radius 1 is 1.40 bits per heavy atom. The van der Waals surface area contributed by atoms with Gasteiger partial charge in [0.25, 0.3) is 0 Å². The Morgan fingerprint density at radius 3 is 2.85 bits per heavy atom. The highest BCUT2D eigenvalue weighted by atomic mass is 35.5. The summed E-state index contributed by atoms with van der Waals surface area (Å²) in [6, 6.07) is 0. The molecule has 1 aromatic heterocycles. The van der Waals surface area contributed by atoms with E-state index >= 15 is 0 Å². The minimum absolute atomic E-state index is 0. The van der Waals surface area contributed by atoms with Crippen molar-refractivity contribution in [3.63, 3.8) is 0 Å². The van der Waals surface area contributed by atoms with E-state index in [1.807, 2.05) is 0 Å². The predicted molar refractivity (Wildman–Crippen MR) is 84.9 cm³/mol. The Bertz CT molecular complexity index is 459. The number of nitrogens with one attached hydrogen (secondary N) is 2. The first kappa shape index (κ1) is 15.7. The number of carbonyl (C=O) groups is 1. The van der Waals surface area contributed by atoms with Crippen LogP contribution >= 0.6 is 23.7 Å². The standard InChI is InChI=1S/C14H21N3OS.ClH/c1-2-14(8-5-9-15-14)12(18)17-13-16-10-6-3-4-7-11(10)19-13;/h15H,2-9H2,1H3,(H,16,17,18);1H. The van der Waals surface area contributed by atoms with Gasteiger partial charge in [0.1, 0.15) is 0 Å². The van der Waals surface area contributed by atoms with E-state index in [1.54, 1.807) is 11.3 Å². The molecular formula is C14H22ClN3OS. The summed E-state index contributed by atoms with van der Waals surface area (Å²) in [5, 5.41) is 7.20. The first-order valence-electron chi connectivity index (χ1n) is 7.28. The van der Waals surface area contributed by atoms with E-state index in [-0.39, 0.29) is 23.9 Å². The van der Waals surface area contributed by atoms with Crippen LogP contribution in [-0.4, -0.2) is 23.0 Å². The van der Waals surface area contributed by atoms with Crippen molar-refractivity contribution in [2.75, 3.05) is 11.9 Å². The highest BCUT2D eigenvalue weighted by Crippen LogP contribution is 2.31. The van der Waals surface area contributed by atoms with E-state index in [2.05, 4.69) is 22.5 Å². The predicted octanol–water partition coefficient (Wildman–Crippen LogP) is 2.91. The average Bonchev–Trinajstić information content (AvgIpc) is 3.05. The number of carbonyl (C=O) groups excluding carboxylic acids is 1. The van der Waals surface area contributed by atoms with Gasteiger partial charge in [-0.25, -0.2) is 4.98 Å². The number of nitrogens with zero attached hydrogens (tertiary/aromatic N) is 1. The molecule has 20 heavy (non-hydrogen) atoms. The van der Waals surface area contributed by atoms with Gasteiger partial charge in [0.05, 0.1) is 11.2 Å². The summed E-state index contributed by atoms with van der Waals surface area (Å²) < 4.78 is 0. The van der Waals surface area contributed by atoms with Gasteiger partial charge in [-0.1, -0.05) is 6.92 Å². The number of rotatable bonds is 3. The molecule has 1 fully saturated rings. The van der Waals surface area contributed by atoms with Crippen LogP contribution in [0, 0.1) is 0 Å². The van der Waals surface area contributed by atoms with Gasteiger partial charge in [-0.05, 0) is 51.5 Å². The normalized spacial score (nSPS) is 24.9. The molecule has 1 atom stereocenters. The smallest absolute Gasteiger partial charge is 0.246 e. The Hall–Kier alpha value is -0.650. The van der Waals surface area contributed by atoms with Crippen LogP contribution in [0.25, 0.3) is 0 Å². The number of fused-ring (bicyclic) bond motifs is 1. The molecule has 1 unspecified atom stereocenters. The van der Waals surface area contributed by atoms with Crippen molar-refractivity contribution in [1.29, 1.82) is 0 Å². The maximum absolute atomic E-state index is 12.5. The second-order valence-corrected chi connectivity index (χ2v) is 6.60. The van der Waals surface area contributed by atoms with Gasteiger partial charge in [-0.15, -0.1) is 23.7 Å². The molecule has 0 radical (unpaired) electrons. The third-order valence-electron chi connectivity index (χ3n) is 4.35. The Labute approximate surface area is 130 Å². The maximum Gasteiger partial charge on any atom is 0.246 e. The van der Waals surface area contributed by atoms with E-state index < -0.39 is 0 Å². The highest BCUT2D eigenvalue weighted by molar-refractivity contribution is 7.15. The van der Waals surface area contributed by atoms with Crippen LogP contribution in [0.1, 0.15) is 49.6 Å². The fraction of sp³-hybridized carbons (Fsp3) is 0.714. The summed E-state index contributed by atoms with van der Waals surface area (Å²) in [5.41, 5.74) is 0.836. The molecule has 6 heteroatoms. The number of hydrogen-bond donors (Lipinski definition) is 2. The molecule has 1 saturated heterocycles. The fourth-order valence-corrected chi connectivity index (χ4v) is 4.13. The van der Waals surface area contributed by atoms with Crippen LogP contribution in [0.2, 0.25) is 0 Å². The van der Waals surface area contributed by atoms with Crippen LogP contribution in [0.5, 0.6) is 0 Å². The lowest BCUT2D eigenvalue weighted by atomic mass is 9.93. The zero-order chi connectivity index (χ0) is 13.3. The maximum atomic E-state index is 12.5. The fourth-order valence-electron chi connectivity index (χ4n) is 3.08. The Kier molecular flexibility index (Phi) is 5.04. The average molecular weight is 316 g/mol. The van der Waals surface area contributed by atoms with Crippen LogP contribution in [0.15, 0.2) is 0 Å². The van der Waals surface area contributed by atoms with Crippen molar-refractivity contribution in [3.05, 3.63) is 10.6 Å². The minimum atomic E-state index is -0.369. The molecule has 0 aromatic carbocycles. The first-order valence-corrected chi connectivity index (χ1v) is 8.10. The van der Waals surface area contributed by atoms with Gasteiger partial charge in [0.15, 0.2) is 5.13 Å². The number of halogens is 1. The van der Waals surface area contributed by atoms with Crippen molar-refractivity contribution in [2.45, 2.75) is 57.4 Å². The molecule has 1 aromatic rings. The zero-order valence-electron chi connectivity index (χ0n) is 11.8. The number of anilines is 1. The summed E-state index contributed by atoms with van der Waals surface area (Å²) in [6.45, 7) is 3.01. The molecule has 1 aliphatic carbocycles. The van der Waals surface area contributed by atoms with Gasteiger partial charge in [0, 0.05) is 4.88 Å². The van der Waals surface area contributed by atoms with Gasteiger partial charge in [0.2, 0.25) is 5.91 Å². The van der Waals surface area contributed by atoms with Crippen LogP contribution in [-0.2, 0) is 17.6 Å². The van der Waals surface area contributed by atoms with Gasteiger partial charge >= 0.3 is 0 Å². The third kappa shape index (κ3) is 2.85. The van der Waals surface area contributed by atoms with E-state index in [0.29, 0.717) is 0 Å². The number of aromatic nitrogens is 1. The zero-order valence-corrected chi connectivity index (χ0v) is 13.5. The molecule has 2 aliphatic rings. The number of hydrogen-bond acceptors (Lipinski definition) is 4. The van der Waals surface area contributed by atoms with Crippen molar-refractivity contribution < 1.29 is 4.79 Å². The summed E-state index contributed by atoms with van der Waals surface area (Å²) in [5.74, 6) is 0.0959. The molecule has 2 heterocycles. The van der Waals surface area contributed by atoms with Crippen LogP contribution in [0.4, 0.5) is 5.13 Å². The minimum Gasteiger partial charge on any atom is -0.303 e. The van der Waals surface area contributed by atoms with Crippen molar-refractivity contribution >= 4 is 34.8 Å². The molecule has 1 amide bonds. The molecule has 3 rings (SSSR count). The molecule has 2 N–H and O–H groups in total. The van der Waals surface area contributed by atoms with Crippen molar-refractivity contribution in [1.82, 2.24) is 10.3 Å². The second-order valence-electron chi connectivity index (χ2n) is 5.52. The third-order valence-corrected chi connectivity index (χ3v) is 5.42. The quantitative estimate of drug-likeness (QED) is 0.901. The molecule has 112 valence electrons. The van der Waals surface area contributed by atoms with Gasteiger partial charge in [-0.2, -0.15) is 0 Å². The molecular weight excluding hydrogens is 294 g/mol. The first-order chi connectivity index (χ1) is 9.23. The van der Waals surface area contributed by atoms with E-state index in [4.69, 9.17) is 0 Å². The summed E-state index contributed by atoms with van der Waals surface area (Å²) >= 11 is 1.66. The van der Waals surface area contributed by atoms with Gasteiger partial charge in [-0.3, -0.25) is 4.79 Å². The monoisotopic (exact) mass is 315 g/mol. The molecule has 1 aliphatic heterocycles. The second kappa shape index (κ2) is 6.41. The summed E-state index contributed by atoms with van der Waals surface area (Å²) in [6.07, 6.45) is 7.52. The lowest BCUT2D eigenvalue weighted by molar-refractivity contribution is -0.122. The largest absolute Gasteiger partial charge is 0.303 e. The van der Waals surface area contributed by atoms with Crippen LogP contribution < -0.4 is 10.6 Å². The number of aryl methyl sites for hydroxylation is 2. The lowest BCUT2D eigenvalue weighted by Gasteiger charge is -2.25. The van der Waals surface area contributed by atoms with Crippen LogP contribution in [0.3, 0.4) is 0 Å². The molecule has 0 bridgehead atoms. The van der Waals surface area contributed by atoms with E-state index in [9.17, 15) is 4.79 Å².